The lowest BCUT2D eigenvalue weighted by atomic mass is 9.95. The molecule has 0 radical (unpaired) electrons. The van der Waals surface area contributed by atoms with Crippen molar-refractivity contribution in [3.8, 4) is 0 Å². The summed E-state index contributed by atoms with van der Waals surface area (Å²) in [5, 5.41) is 0. The lowest BCUT2D eigenvalue weighted by molar-refractivity contribution is 0.0633. The molecule has 2 bridgehead atoms. The molecule has 4 rings (SSSR count). The number of ether oxygens (including phenoxy) is 1. The van der Waals surface area contributed by atoms with Gasteiger partial charge in [-0.3, -0.25) is 9.69 Å². The number of hydrogen-bond acceptors (Lipinski definition) is 3. The lowest BCUT2D eigenvalue weighted by Crippen LogP contribution is -2.45. The largest absolute Gasteiger partial charge is 0.380 e. The van der Waals surface area contributed by atoms with Crippen molar-refractivity contribution in [2.45, 2.75) is 32.2 Å². The Balaban J connectivity index is 1.61. The first-order valence-corrected chi connectivity index (χ1v) is 8.94. The molecule has 1 aromatic rings. The summed E-state index contributed by atoms with van der Waals surface area (Å²) < 4.78 is 5.66. The average Bonchev–Trinajstić information content (AvgIpc) is 2.90. The van der Waals surface area contributed by atoms with Gasteiger partial charge in [0, 0.05) is 44.4 Å². The van der Waals surface area contributed by atoms with E-state index in [0.29, 0.717) is 12.0 Å². The molecule has 0 aromatic heterocycles. The van der Waals surface area contributed by atoms with E-state index in [1.165, 1.54) is 12.8 Å². The highest BCUT2D eigenvalue weighted by Gasteiger charge is 2.36. The summed E-state index contributed by atoms with van der Waals surface area (Å²) in [5.41, 5.74) is 0.812. The van der Waals surface area contributed by atoms with E-state index < -0.39 is 0 Å². The molecule has 0 N–H and O–H groups in total. The minimum absolute atomic E-state index is 0.187. The fourth-order valence-corrected chi connectivity index (χ4v) is 3.81. The van der Waals surface area contributed by atoms with Gasteiger partial charge in [-0.05, 0) is 37.3 Å². The summed E-state index contributed by atoms with van der Waals surface area (Å²) in [6.07, 6.45) is 3.53. The van der Waals surface area contributed by atoms with Gasteiger partial charge in [-0.2, -0.15) is 0 Å². The van der Waals surface area contributed by atoms with Crippen LogP contribution in [0.25, 0.3) is 0 Å². The van der Waals surface area contributed by atoms with E-state index in [2.05, 4.69) is 16.7 Å². The van der Waals surface area contributed by atoms with E-state index in [1.807, 2.05) is 30.3 Å². The van der Waals surface area contributed by atoms with Crippen molar-refractivity contribution in [3.63, 3.8) is 0 Å². The van der Waals surface area contributed by atoms with Gasteiger partial charge in [-0.25, -0.2) is 0 Å². The number of hydrogen-bond donors (Lipinski definition) is 0. The van der Waals surface area contributed by atoms with Crippen LogP contribution >= 0.6 is 0 Å². The van der Waals surface area contributed by atoms with Crippen molar-refractivity contribution in [1.29, 1.82) is 0 Å². The molecule has 3 fully saturated rings. The van der Waals surface area contributed by atoms with Crippen LogP contribution in [0.15, 0.2) is 30.3 Å². The Kier molecular flexibility index (Phi) is 5.68. The molecular weight excluding hydrogens is 288 g/mol. The summed E-state index contributed by atoms with van der Waals surface area (Å²) in [6, 6.07) is 10.2. The number of fused-ring (bicyclic) bond motifs is 4. The van der Waals surface area contributed by atoms with Crippen LogP contribution in [0.2, 0.25) is 0 Å². The Morgan fingerprint density at radius 1 is 1.13 bits per heavy atom. The van der Waals surface area contributed by atoms with Gasteiger partial charge in [-0.15, -0.1) is 0 Å². The molecule has 4 heteroatoms. The van der Waals surface area contributed by atoms with Crippen molar-refractivity contribution in [2.75, 3.05) is 39.4 Å². The second kappa shape index (κ2) is 7.93. The van der Waals surface area contributed by atoms with Gasteiger partial charge in [-0.1, -0.05) is 25.1 Å². The Morgan fingerprint density at radius 2 is 1.96 bits per heavy atom. The van der Waals surface area contributed by atoms with Crippen LogP contribution in [0.1, 0.15) is 36.5 Å². The maximum Gasteiger partial charge on any atom is 0.253 e. The molecule has 0 spiro atoms. The Morgan fingerprint density at radius 3 is 2.74 bits per heavy atom. The first-order valence-electron chi connectivity index (χ1n) is 8.94. The first kappa shape index (κ1) is 16.5. The highest BCUT2D eigenvalue weighted by Crippen LogP contribution is 2.28. The Bertz CT molecular complexity index is 505. The minimum Gasteiger partial charge on any atom is -0.380 e. The maximum absolute atomic E-state index is 12.8. The van der Waals surface area contributed by atoms with Gasteiger partial charge in [0.25, 0.3) is 5.91 Å². The summed E-state index contributed by atoms with van der Waals surface area (Å²) >= 11 is 0. The second-order valence-corrected chi connectivity index (χ2v) is 6.78. The van der Waals surface area contributed by atoms with Crippen molar-refractivity contribution >= 4 is 5.91 Å². The van der Waals surface area contributed by atoms with Gasteiger partial charge < -0.3 is 9.64 Å². The quantitative estimate of drug-likeness (QED) is 0.757. The zero-order chi connectivity index (χ0) is 16.1. The molecule has 1 amide bonds. The van der Waals surface area contributed by atoms with E-state index in [-0.39, 0.29) is 5.91 Å². The number of nitrogens with zero attached hydrogens (tertiary/aromatic N) is 2. The highest BCUT2D eigenvalue weighted by molar-refractivity contribution is 5.94. The fourth-order valence-electron chi connectivity index (χ4n) is 3.81. The van der Waals surface area contributed by atoms with Crippen LogP contribution in [-0.2, 0) is 4.74 Å². The summed E-state index contributed by atoms with van der Waals surface area (Å²) in [5.74, 6) is 0.791. The third kappa shape index (κ3) is 4.12. The molecule has 1 aromatic carbocycles. The first-order chi connectivity index (χ1) is 11.3. The monoisotopic (exact) mass is 316 g/mol. The van der Waals surface area contributed by atoms with E-state index >= 15 is 0 Å². The Labute approximate surface area is 139 Å². The molecule has 3 aliphatic heterocycles. The number of carbonyl (C=O) groups excluding carboxylic acids is 1. The smallest absolute Gasteiger partial charge is 0.253 e. The van der Waals surface area contributed by atoms with E-state index in [4.69, 9.17) is 4.74 Å². The average molecular weight is 316 g/mol. The second-order valence-electron chi connectivity index (χ2n) is 6.78. The third-order valence-corrected chi connectivity index (χ3v) is 5.01. The Hall–Kier alpha value is -1.39. The highest BCUT2D eigenvalue weighted by atomic mass is 16.5. The third-order valence-electron chi connectivity index (χ3n) is 5.01. The summed E-state index contributed by atoms with van der Waals surface area (Å²) in [4.78, 5) is 17.4. The molecular formula is C19H28N2O2. The predicted octanol–water partition coefficient (Wildman–Crippen LogP) is 2.65. The maximum atomic E-state index is 12.8. The SMILES string of the molecule is CCCOCCN1C[C@@H]2CC[C@H]1CN(C(=O)c1ccccc1)C2. The zero-order valence-electron chi connectivity index (χ0n) is 14.1. The number of piperidine rings is 1. The molecule has 23 heavy (non-hydrogen) atoms. The van der Waals surface area contributed by atoms with Crippen molar-refractivity contribution in [1.82, 2.24) is 9.80 Å². The summed E-state index contributed by atoms with van der Waals surface area (Å²) in [6.45, 7) is 7.66. The molecule has 4 nitrogen and oxygen atoms in total. The molecule has 2 atom stereocenters. The molecule has 0 saturated carbocycles. The van der Waals surface area contributed by atoms with E-state index in [0.717, 1.165) is 51.4 Å². The van der Waals surface area contributed by atoms with Crippen LogP contribution in [0, 0.1) is 5.92 Å². The van der Waals surface area contributed by atoms with Gasteiger partial charge in [0.2, 0.25) is 0 Å². The topological polar surface area (TPSA) is 32.8 Å². The number of rotatable bonds is 6. The van der Waals surface area contributed by atoms with Gasteiger partial charge in [0.1, 0.15) is 0 Å². The fraction of sp³-hybridized carbons (Fsp3) is 0.632. The van der Waals surface area contributed by atoms with Crippen LogP contribution < -0.4 is 0 Å². The number of benzene rings is 1. The molecule has 3 heterocycles. The predicted molar refractivity (Wildman–Crippen MR) is 91.5 cm³/mol. The van der Waals surface area contributed by atoms with Crippen molar-refractivity contribution < 1.29 is 9.53 Å². The number of carbonyl (C=O) groups is 1. The van der Waals surface area contributed by atoms with Crippen LogP contribution in [-0.4, -0.2) is 61.1 Å². The van der Waals surface area contributed by atoms with Crippen LogP contribution in [0.4, 0.5) is 0 Å². The van der Waals surface area contributed by atoms with Crippen molar-refractivity contribution in [3.05, 3.63) is 35.9 Å². The normalized spacial score (nSPS) is 24.7. The molecule has 3 aliphatic rings. The standard InChI is InChI=1S/C19H28N2O2/c1-2-11-23-12-10-20-13-16-8-9-18(20)15-21(14-16)19(22)17-6-4-3-5-7-17/h3-7,16,18H,2,8-15H2,1H3/t16-,18-/m0/s1. The van der Waals surface area contributed by atoms with Crippen LogP contribution in [0.3, 0.4) is 0 Å². The minimum atomic E-state index is 0.187. The number of amides is 1. The van der Waals surface area contributed by atoms with Gasteiger partial charge >= 0.3 is 0 Å². The van der Waals surface area contributed by atoms with E-state index in [1.54, 1.807) is 0 Å². The van der Waals surface area contributed by atoms with Gasteiger partial charge in [0.05, 0.1) is 6.61 Å². The molecule has 0 aliphatic carbocycles. The zero-order valence-corrected chi connectivity index (χ0v) is 14.1. The molecule has 126 valence electrons. The molecule has 0 unspecified atom stereocenters. The van der Waals surface area contributed by atoms with Crippen molar-refractivity contribution in [2.24, 2.45) is 5.92 Å². The van der Waals surface area contributed by atoms with Crippen LogP contribution in [0.5, 0.6) is 0 Å². The molecule has 3 saturated heterocycles. The lowest BCUT2D eigenvalue weighted by Gasteiger charge is -2.35. The van der Waals surface area contributed by atoms with Gasteiger partial charge in [0.15, 0.2) is 0 Å². The van der Waals surface area contributed by atoms with E-state index in [9.17, 15) is 4.79 Å². The summed E-state index contributed by atoms with van der Waals surface area (Å²) in [7, 11) is 0.